The van der Waals surface area contributed by atoms with Crippen molar-refractivity contribution in [3.8, 4) is 16.9 Å². The Morgan fingerprint density at radius 2 is 1.88 bits per heavy atom. The van der Waals surface area contributed by atoms with E-state index >= 15 is 0 Å². The lowest BCUT2D eigenvalue weighted by Gasteiger charge is -2.22. The van der Waals surface area contributed by atoms with Gasteiger partial charge in [0.2, 0.25) is 5.89 Å². The first-order chi connectivity index (χ1) is 12.8. The summed E-state index contributed by atoms with van der Waals surface area (Å²) >= 11 is 0. The minimum Gasteiger partial charge on any atom is -0.492 e. The zero-order valence-electron chi connectivity index (χ0n) is 14.1. The number of ether oxygens (including phenoxy) is 1. The van der Waals surface area contributed by atoms with E-state index in [1.807, 2.05) is 48.5 Å². The SMILES string of the molecule is Nc1cc(-c2ccc3nc(C4COc5ccccc5C4)oc3c2)ccn1. The van der Waals surface area contributed by atoms with Crippen LogP contribution >= 0.6 is 0 Å². The van der Waals surface area contributed by atoms with Crippen LogP contribution in [0.4, 0.5) is 5.82 Å². The summed E-state index contributed by atoms with van der Waals surface area (Å²) in [5.74, 6) is 2.30. The molecule has 26 heavy (non-hydrogen) atoms. The molecule has 2 N–H and O–H groups in total. The second kappa shape index (κ2) is 5.88. The number of oxazole rings is 1. The fourth-order valence-electron chi connectivity index (χ4n) is 3.41. The number of nitrogen functional groups attached to an aromatic ring is 1. The quantitative estimate of drug-likeness (QED) is 0.591. The standard InChI is InChI=1S/C21H17N3O2/c22-20-11-14(7-8-23-20)13-5-6-17-19(10-13)26-21(24-17)16-9-15-3-1-2-4-18(15)25-12-16/h1-8,10-11,16H,9,12H2,(H2,22,23). The smallest absolute Gasteiger partial charge is 0.202 e. The van der Waals surface area contributed by atoms with Crippen LogP contribution in [-0.4, -0.2) is 16.6 Å². The number of para-hydroxylation sites is 1. The topological polar surface area (TPSA) is 74.2 Å². The third-order valence-electron chi connectivity index (χ3n) is 4.75. The molecule has 1 aliphatic rings. The Morgan fingerprint density at radius 3 is 2.81 bits per heavy atom. The molecule has 5 heteroatoms. The third-order valence-corrected chi connectivity index (χ3v) is 4.75. The van der Waals surface area contributed by atoms with Crippen LogP contribution in [0.15, 0.2) is 65.2 Å². The van der Waals surface area contributed by atoms with Gasteiger partial charge in [0.05, 0.1) is 5.92 Å². The van der Waals surface area contributed by atoms with E-state index in [0.717, 1.165) is 40.3 Å². The summed E-state index contributed by atoms with van der Waals surface area (Å²) in [7, 11) is 0. The number of hydrogen-bond donors (Lipinski definition) is 1. The zero-order valence-corrected chi connectivity index (χ0v) is 14.1. The molecule has 0 spiro atoms. The van der Waals surface area contributed by atoms with Gasteiger partial charge in [-0.15, -0.1) is 0 Å². The number of nitrogens with zero attached hydrogens (tertiary/aromatic N) is 2. The van der Waals surface area contributed by atoms with E-state index in [-0.39, 0.29) is 5.92 Å². The average Bonchev–Trinajstić information content (AvgIpc) is 3.11. The molecule has 0 amide bonds. The van der Waals surface area contributed by atoms with E-state index in [2.05, 4.69) is 16.0 Å². The molecule has 1 atom stereocenters. The van der Waals surface area contributed by atoms with E-state index in [0.29, 0.717) is 12.4 Å². The van der Waals surface area contributed by atoms with Crippen molar-refractivity contribution < 1.29 is 9.15 Å². The number of hydrogen-bond acceptors (Lipinski definition) is 5. The summed E-state index contributed by atoms with van der Waals surface area (Å²) in [5.41, 5.74) is 10.6. The Bertz CT molecular complexity index is 1100. The second-order valence-corrected chi connectivity index (χ2v) is 6.52. The molecular weight excluding hydrogens is 326 g/mol. The van der Waals surface area contributed by atoms with E-state index in [4.69, 9.17) is 14.9 Å². The first-order valence-electron chi connectivity index (χ1n) is 8.59. The highest BCUT2D eigenvalue weighted by Gasteiger charge is 2.25. The highest BCUT2D eigenvalue weighted by atomic mass is 16.5. The van der Waals surface area contributed by atoms with Crippen molar-refractivity contribution in [3.63, 3.8) is 0 Å². The van der Waals surface area contributed by atoms with Gasteiger partial charge in [-0.2, -0.15) is 0 Å². The molecule has 0 saturated carbocycles. The molecule has 2 aromatic carbocycles. The van der Waals surface area contributed by atoms with Crippen molar-refractivity contribution in [2.75, 3.05) is 12.3 Å². The molecule has 5 rings (SSSR count). The molecular formula is C21H17N3O2. The number of fused-ring (bicyclic) bond motifs is 2. The lowest BCUT2D eigenvalue weighted by atomic mass is 9.97. The molecule has 1 unspecified atom stereocenters. The van der Waals surface area contributed by atoms with E-state index in [1.54, 1.807) is 6.20 Å². The predicted molar refractivity (Wildman–Crippen MR) is 100 cm³/mol. The van der Waals surface area contributed by atoms with Crippen molar-refractivity contribution in [1.29, 1.82) is 0 Å². The molecule has 1 aliphatic heterocycles. The van der Waals surface area contributed by atoms with Crippen molar-refractivity contribution in [3.05, 3.63) is 72.2 Å². The van der Waals surface area contributed by atoms with Crippen LogP contribution in [0, 0.1) is 0 Å². The Labute approximate surface area is 150 Å². The Kier molecular flexibility index (Phi) is 3.38. The third kappa shape index (κ3) is 2.58. The molecule has 4 aromatic rings. The number of aromatic nitrogens is 2. The van der Waals surface area contributed by atoms with Crippen LogP contribution in [0.1, 0.15) is 17.4 Å². The maximum Gasteiger partial charge on any atom is 0.202 e. The van der Waals surface area contributed by atoms with Crippen molar-refractivity contribution >= 4 is 16.9 Å². The largest absolute Gasteiger partial charge is 0.492 e. The van der Waals surface area contributed by atoms with Crippen LogP contribution in [0.3, 0.4) is 0 Å². The van der Waals surface area contributed by atoms with E-state index < -0.39 is 0 Å². The summed E-state index contributed by atoms with van der Waals surface area (Å²) in [6, 6.07) is 17.9. The highest BCUT2D eigenvalue weighted by Crippen LogP contribution is 2.34. The monoisotopic (exact) mass is 343 g/mol. The Morgan fingerprint density at radius 1 is 1.00 bits per heavy atom. The van der Waals surface area contributed by atoms with Crippen LogP contribution in [0.5, 0.6) is 5.75 Å². The first kappa shape index (κ1) is 15.0. The summed E-state index contributed by atoms with van der Waals surface area (Å²) in [5, 5.41) is 0. The van der Waals surface area contributed by atoms with Gasteiger partial charge in [-0.1, -0.05) is 24.3 Å². The minimum atomic E-state index is 0.123. The van der Waals surface area contributed by atoms with Crippen LogP contribution in [-0.2, 0) is 6.42 Å². The van der Waals surface area contributed by atoms with Gasteiger partial charge in [-0.25, -0.2) is 9.97 Å². The molecule has 3 heterocycles. The fraction of sp³-hybridized carbons (Fsp3) is 0.143. The van der Waals surface area contributed by atoms with E-state index in [9.17, 15) is 0 Å². The molecule has 0 saturated heterocycles. The van der Waals surface area contributed by atoms with Gasteiger partial charge in [-0.3, -0.25) is 0 Å². The molecule has 0 bridgehead atoms. The van der Waals surface area contributed by atoms with Crippen LogP contribution in [0.2, 0.25) is 0 Å². The predicted octanol–water partition coefficient (Wildman–Crippen LogP) is 4.19. The number of benzene rings is 2. The van der Waals surface area contributed by atoms with Gasteiger partial charge >= 0.3 is 0 Å². The van der Waals surface area contributed by atoms with Gasteiger partial charge < -0.3 is 14.9 Å². The van der Waals surface area contributed by atoms with Crippen molar-refractivity contribution in [1.82, 2.24) is 9.97 Å². The maximum absolute atomic E-state index is 6.08. The summed E-state index contributed by atoms with van der Waals surface area (Å²) in [4.78, 5) is 8.72. The summed E-state index contributed by atoms with van der Waals surface area (Å²) in [6.45, 7) is 0.581. The number of nitrogens with two attached hydrogens (primary N) is 1. The van der Waals surface area contributed by atoms with Crippen molar-refractivity contribution in [2.45, 2.75) is 12.3 Å². The van der Waals surface area contributed by atoms with Gasteiger partial charge in [0, 0.05) is 6.20 Å². The molecule has 0 aliphatic carbocycles. The van der Waals surface area contributed by atoms with Gasteiger partial charge in [-0.05, 0) is 53.4 Å². The second-order valence-electron chi connectivity index (χ2n) is 6.52. The van der Waals surface area contributed by atoms with Gasteiger partial charge in [0.1, 0.15) is 23.7 Å². The lowest BCUT2D eigenvalue weighted by molar-refractivity contribution is 0.243. The maximum atomic E-state index is 6.08. The van der Waals surface area contributed by atoms with E-state index in [1.165, 1.54) is 5.56 Å². The molecule has 128 valence electrons. The number of anilines is 1. The molecule has 5 nitrogen and oxygen atoms in total. The number of pyridine rings is 1. The van der Waals surface area contributed by atoms with Gasteiger partial charge in [0.25, 0.3) is 0 Å². The van der Waals surface area contributed by atoms with Crippen molar-refractivity contribution in [2.24, 2.45) is 0 Å². The number of rotatable bonds is 2. The normalized spacial score (nSPS) is 16.2. The zero-order chi connectivity index (χ0) is 17.5. The Balaban J connectivity index is 1.49. The van der Waals surface area contributed by atoms with Crippen LogP contribution in [0.25, 0.3) is 22.2 Å². The average molecular weight is 343 g/mol. The molecule has 2 aromatic heterocycles. The van der Waals surface area contributed by atoms with Crippen LogP contribution < -0.4 is 10.5 Å². The first-order valence-corrected chi connectivity index (χ1v) is 8.59. The van der Waals surface area contributed by atoms with Gasteiger partial charge in [0.15, 0.2) is 5.58 Å². The molecule has 0 radical (unpaired) electrons. The Hall–Kier alpha value is -3.34. The minimum absolute atomic E-state index is 0.123. The highest BCUT2D eigenvalue weighted by molar-refractivity contribution is 5.80. The fourth-order valence-corrected chi connectivity index (χ4v) is 3.41. The molecule has 0 fully saturated rings. The summed E-state index contributed by atoms with van der Waals surface area (Å²) < 4.78 is 11.9. The summed E-state index contributed by atoms with van der Waals surface area (Å²) in [6.07, 6.45) is 2.58. The lowest BCUT2D eigenvalue weighted by Crippen LogP contribution is -2.19.